The van der Waals surface area contributed by atoms with Gasteiger partial charge >= 0.3 is 0 Å². The zero-order valence-electron chi connectivity index (χ0n) is 17.3. The monoisotopic (exact) mass is 479 g/mol. The molecular weight excluding hydrogens is 462 g/mol. The zero-order chi connectivity index (χ0) is 23.2. The second-order valence-electron chi connectivity index (χ2n) is 7.36. The largest absolute Gasteiger partial charge is 0.348 e. The summed E-state index contributed by atoms with van der Waals surface area (Å²) in [5.74, 6) is -0.936. The molecule has 0 atom stereocenters. The summed E-state index contributed by atoms with van der Waals surface area (Å²) in [6.45, 7) is 1.83. The second kappa shape index (κ2) is 7.94. The van der Waals surface area contributed by atoms with Crippen LogP contribution in [0, 0.1) is 6.92 Å². The topological polar surface area (TPSA) is 123 Å². The summed E-state index contributed by atoms with van der Waals surface area (Å²) >= 11 is 1.44. The molecule has 9 nitrogen and oxygen atoms in total. The van der Waals surface area contributed by atoms with E-state index in [4.69, 9.17) is 0 Å². The third kappa shape index (κ3) is 3.60. The molecule has 0 bridgehead atoms. The first-order chi connectivity index (χ1) is 15.9. The molecule has 0 saturated carbocycles. The van der Waals surface area contributed by atoms with Crippen LogP contribution in [0.25, 0.3) is 5.13 Å². The molecule has 0 saturated heterocycles. The van der Waals surface area contributed by atoms with Crippen molar-refractivity contribution in [3.05, 3.63) is 82.6 Å². The standard InChI is InChI=1S/C22H17N5O4S2/c1-13-15(20(28)24-10-14-11-25-27(12-14)22-23-8-9-32-22)6-7-18-19(13)26-21(29)16-4-2-3-5-17(16)33(18,30)31/h2-9,11-12H,10H2,1H3,(H,24,28)(H,26,29). The van der Waals surface area contributed by atoms with Crippen LogP contribution in [0.15, 0.2) is 70.2 Å². The maximum absolute atomic E-state index is 13.2. The van der Waals surface area contributed by atoms with Gasteiger partial charge < -0.3 is 10.6 Å². The van der Waals surface area contributed by atoms with Gasteiger partial charge in [0.25, 0.3) is 11.8 Å². The fourth-order valence-corrected chi connectivity index (χ4v) is 5.90. The van der Waals surface area contributed by atoms with Crippen molar-refractivity contribution < 1.29 is 18.0 Å². The van der Waals surface area contributed by atoms with Gasteiger partial charge in [-0.1, -0.05) is 12.1 Å². The number of aromatic nitrogens is 3. The fraction of sp³-hybridized carbons (Fsp3) is 0.0909. The minimum atomic E-state index is -3.94. The van der Waals surface area contributed by atoms with Gasteiger partial charge in [-0.05, 0) is 36.8 Å². The van der Waals surface area contributed by atoms with E-state index in [-0.39, 0.29) is 33.2 Å². The van der Waals surface area contributed by atoms with Gasteiger partial charge in [0.05, 0.1) is 27.2 Å². The fourth-order valence-electron chi connectivity index (χ4n) is 3.66. The maximum Gasteiger partial charge on any atom is 0.257 e. The summed E-state index contributed by atoms with van der Waals surface area (Å²) in [6.07, 6.45) is 5.09. The number of sulfone groups is 1. The molecule has 1 aliphatic heterocycles. The Bertz CT molecular complexity index is 1510. The lowest BCUT2D eigenvalue weighted by molar-refractivity contribution is 0.0948. The highest BCUT2D eigenvalue weighted by Gasteiger charge is 2.32. The summed E-state index contributed by atoms with van der Waals surface area (Å²) < 4.78 is 28.0. The molecule has 0 radical (unpaired) electrons. The number of carbonyl (C=O) groups excluding carboxylic acids is 2. The molecule has 0 fully saturated rings. The van der Waals surface area contributed by atoms with E-state index in [0.717, 1.165) is 5.56 Å². The number of thiazole rings is 1. The number of hydrogen-bond donors (Lipinski definition) is 2. The van der Waals surface area contributed by atoms with Crippen molar-refractivity contribution >= 4 is 38.7 Å². The number of nitrogens with zero attached hydrogens (tertiary/aromatic N) is 3. The van der Waals surface area contributed by atoms with Gasteiger partial charge in [0.1, 0.15) is 0 Å². The van der Waals surface area contributed by atoms with Gasteiger partial charge in [-0.3, -0.25) is 9.59 Å². The first-order valence-corrected chi connectivity index (χ1v) is 12.2. The van der Waals surface area contributed by atoms with Crippen LogP contribution in [0.1, 0.15) is 31.8 Å². The molecule has 0 aliphatic carbocycles. The van der Waals surface area contributed by atoms with E-state index in [0.29, 0.717) is 10.7 Å². The molecule has 0 spiro atoms. The normalized spacial score (nSPS) is 14.0. The van der Waals surface area contributed by atoms with E-state index in [1.807, 2.05) is 5.38 Å². The minimum Gasteiger partial charge on any atom is -0.348 e. The molecule has 33 heavy (non-hydrogen) atoms. The SMILES string of the molecule is Cc1c(C(=O)NCc2cnn(-c3nccs3)c2)ccc2c1NC(=O)c1ccccc1S2(=O)=O. The number of anilines is 1. The predicted molar refractivity (Wildman–Crippen MR) is 121 cm³/mol. The summed E-state index contributed by atoms with van der Waals surface area (Å²) in [4.78, 5) is 29.7. The number of amides is 2. The zero-order valence-corrected chi connectivity index (χ0v) is 18.9. The molecule has 2 aromatic carbocycles. The smallest absolute Gasteiger partial charge is 0.257 e. The van der Waals surface area contributed by atoms with Gasteiger partial charge in [0.2, 0.25) is 15.0 Å². The molecular formula is C22H17N5O4S2. The van der Waals surface area contributed by atoms with E-state index < -0.39 is 21.7 Å². The van der Waals surface area contributed by atoms with E-state index in [2.05, 4.69) is 20.7 Å². The van der Waals surface area contributed by atoms with Crippen LogP contribution in [0.3, 0.4) is 0 Å². The molecule has 2 aromatic heterocycles. The molecule has 166 valence electrons. The van der Waals surface area contributed by atoms with Crippen LogP contribution in [0.5, 0.6) is 0 Å². The van der Waals surface area contributed by atoms with Gasteiger partial charge in [-0.25, -0.2) is 18.1 Å². The van der Waals surface area contributed by atoms with Crippen LogP contribution in [-0.4, -0.2) is 35.0 Å². The number of hydrogen-bond acceptors (Lipinski definition) is 7. The lowest BCUT2D eigenvalue weighted by Gasteiger charge is -2.14. The average Bonchev–Trinajstić information content (AvgIpc) is 3.49. The molecule has 4 aromatic rings. The van der Waals surface area contributed by atoms with Crippen molar-refractivity contribution in [1.82, 2.24) is 20.1 Å². The Morgan fingerprint density at radius 1 is 1.18 bits per heavy atom. The Hall–Kier alpha value is -3.83. The molecule has 2 N–H and O–H groups in total. The highest BCUT2D eigenvalue weighted by Crippen LogP contribution is 2.36. The van der Waals surface area contributed by atoms with Gasteiger partial charge in [-0.15, -0.1) is 11.3 Å². The predicted octanol–water partition coefficient (Wildman–Crippen LogP) is 2.97. The van der Waals surface area contributed by atoms with Crippen LogP contribution >= 0.6 is 11.3 Å². The Morgan fingerprint density at radius 2 is 2.00 bits per heavy atom. The second-order valence-corrected chi connectivity index (χ2v) is 10.1. The molecule has 11 heteroatoms. The van der Waals surface area contributed by atoms with Gasteiger partial charge in [0.15, 0.2) is 0 Å². The lowest BCUT2D eigenvalue weighted by atomic mass is 10.1. The van der Waals surface area contributed by atoms with Crippen molar-refractivity contribution in [1.29, 1.82) is 0 Å². The van der Waals surface area contributed by atoms with Crippen molar-refractivity contribution in [2.75, 3.05) is 5.32 Å². The molecule has 3 heterocycles. The van der Waals surface area contributed by atoms with Crippen LogP contribution in [0.2, 0.25) is 0 Å². The summed E-state index contributed by atoms with van der Waals surface area (Å²) in [5.41, 5.74) is 1.59. The Labute approximate surface area is 193 Å². The number of fused-ring (bicyclic) bond motifs is 2. The minimum absolute atomic E-state index is 0.0421. The lowest BCUT2D eigenvalue weighted by Crippen LogP contribution is -2.24. The van der Waals surface area contributed by atoms with E-state index in [1.165, 1.54) is 35.6 Å². The molecule has 0 unspecified atom stereocenters. The number of benzene rings is 2. The third-order valence-electron chi connectivity index (χ3n) is 5.33. The van der Waals surface area contributed by atoms with Gasteiger partial charge in [-0.2, -0.15) is 5.10 Å². The van der Waals surface area contributed by atoms with E-state index >= 15 is 0 Å². The highest BCUT2D eigenvalue weighted by atomic mass is 32.2. The molecule has 5 rings (SSSR count). The number of carbonyl (C=O) groups is 2. The van der Waals surface area contributed by atoms with E-state index in [1.54, 1.807) is 42.3 Å². The van der Waals surface area contributed by atoms with Crippen molar-refractivity contribution in [3.63, 3.8) is 0 Å². The van der Waals surface area contributed by atoms with E-state index in [9.17, 15) is 18.0 Å². The van der Waals surface area contributed by atoms with Gasteiger partial charge in [0, 0.05) is 35.4 Å². The first kappa shape index (κ1) is 21.0. The van der Waals surface area contributed by atoms with Crippen LogP contribution in [-0.2, 0) is 16.4 Å². The number of nitrogens with one attached hydrogen (secondary N) is 2. The molecule has 1 aliphatic rings. The Morgan fingerprint density at radius 3 is 2.79 bits per heavy atom. The van der Waals surface area contributed by atoms with Crippen molar-refractivity contribution in [3.8, 4) is 5.13 Å². The Balaban J connectivity index is 1.43. The first-order valence-electron chi connectivity index (χ1n) is 9.87. The van der Waals surface area contributed by atoms with Crippen molar-refractivity contribution in [2.24, 2.45) is 0 Å². The summed E-state index contributed by atoms with van der Waals surface area (Å²) in [6, 6.07) is 8.85. The Kier molecular flexibility index (Phi) is 5.06. The summed E-state index contributed by atoms with van der Waals surface area (Å²) in [5, 5.41) is 12.3. The van der Waals surface area contributed by atoms with Crippen LogP contribution in [0.4, 0.5) is 5.69 Å². The third-order valence-corrected chi connectivity index (χ3v) is 7.94. The number of rotatable bonds is 4. The highest BCUT2D eigenvalue weighted by molar-refractivity contribution is 7.91. The molecule has 2 amide bonds. The quantitative estimate of drug-likeness (QED) is 0.464. The van der Waals surface area contributed by atoms with Crippen LogP contribution < -0.4 is 10.6 Å². The summed E-state index contributed by atoms with van der Waals surface area (Å²) in [7, 11) is -3.94. The maximum atomic E-state index is 13.2. The average molecular weight is 480 g/mol. The van der Waals surface area contributed by atoms with Crippen molar-refractivity contribution in [2.45, 2.75) is 23.3 Å².